The molecule has 0 fully saturated rings. The number of allylic oxidation sites excluding steroid dienone is 1. The van der Waals surface area contributed by atoms with Gasteiger partial charge in [0.05, 0.1) is 0 Å². The molecule has 0 radical (unpaired) electrons. The minimum absolute atomic E-state index is 0.0561. The molecular weight excluding hydrogens is 180 g/mol. The quantitative estimate of drug-likeness (QED) is 0.700. The van der Waals surface area contributed by atoms with Crippen molar-refractivity contribution in [3.05, 3.63) is 11.6 Å². The molecule has 14 heavy (non-hydrogen) atoms. The van der Waals surface area contributed by atoms with Gasteiger partial charge >= 0.3 is 5.97 Å². The summed E-state index contributed by atoms with van der Waals surface area (Å²) < 4.78 is 0. The summed E-state index contributed by atoms with van der Waals surface area (Å²) in [5, 5.41) is 8.81. The summed E-state index contributed by atoms with van der Waals surface area (Å²) in [6, 6.07) is 0. The molecule has 1 aliphatic carbocycles. The van der Waals surface area contributed by atoms with E-state index in [9.17, 15) is 9.59 Å². The molecule has 0 heterocycles. The highest BCUT2D eigenvalue weighted by Crippen LogP contribution is 2.14. The molecule has 0 aromatic heterocycles. The second kappa shape index (κ2) is 5.58. The fraction of sp³-hybridized carbons (Fsp3) is 0.636. The third-order valence-electron chi connectivity index (χ3n) is 2.46. The zero-order chi connectivity index (χ0) is 10.4. The van der Waals surface area contributed by atoms with E-state index in [1.54, 1.807) is 6.08 Å². The lowest BCUT2D eigenvalue weighted by Gasteiger charge is -2.06. The molecule has 1 aliphatic rings. The number of hydrogen-bond donors (Lipinski definition) is 1. The molecule has 0 spiro atoms. The average molecular weight is 196 g/mol. The fourth-order valence-corrected chi connectivity index (χ4v) is 1.63. The first-order valence-electron chi connectivity index (χ1n) is 5.14. The van der Waals surface area contributed by atoms with Gasteiger partial charge in [-0.05, 0) is 19.3 Å². The van der Waals surface area contributed by atoms with E-state index in [1.807, 2.05) is 0 Å². The van der Waals surface area contributed by atoms with Crippen LogP contribution in [0, 0.1) is 0 Å². The van der Waals surface area contributed by atoms with Gasteiger partial charge in [0.1, 0.15) is 5.78 Å². The smallest absolute Gasteiger partial charge is 0.331 e. The van der Waals surface area contributed by atoms with Crippen LogP contribution in [0.15, 0.2) is 11.6 Å². The number of carbonyl (C=O) groups is 2. The van der Waals surface area contributed by atoms with Crippen molar-refractivity contribution >= 4 is 11.8 Å². The molecule has 0 amide bonds. The van der Waals surface area contributed by atoms with Gasteiger partial charge in [-0.15, -0.1) is 0 Å². The second-order valence-electron chi connectivity index (χ2n) is 3.70. The monoisotopic (exact) mass is 196 g/mol. The van der Waals surface area contributed by atoms with Crippen molar-refractivity contribution < 1.29 is 14.7 Å². The van der Waals surface area contributed by atoms with E-state index in [0.717, 1.165) is 32.1 Å². The lowest BCUT2D eigenvalue weighted by atomic mass is 9.99. The van der Waals surface area contributed by atoms with Crippen molar-refractivity contribution in [2.24, 2.45) is 0 Å². The number of carboxylic acids is 1. The zero-order valence-corrected chi connectivity index (χ0v) is 8.29. The van der Waals surface area contributed by atoms with Crippen LogP contribution < -0.4 is 0 Å². The number of hydrogen-bond acceptors (Lipinski definition) is 2. The molecule has 3 nitrogen and oxygen atoms in total. The maximum Gasteiger partial charge on any atom is 0.331 e. The van der Waals surface area contributed by atoms with Crippen molar-refractivity contribution in [1.82, 2.24) is 0 Å². The molecule has 0 aromatic rings. The van der Waals surface area contributed by atoms with Crippen molar-refractivity contribution in [3.8, 4) is 0 Å². The summed E-state index contributed by atoms with van der Waals surface area (Å²) in [6.07, 6.45) is 7.25. The highest BCUT2D eigenvalue weighted by molar-refractivity contribution is 5.94. The van der Waals surface area contributed by atoms with E-state index < -0.39 is 5.97 Å². The van der Waals surface area contributed by atoms with Crippen LogP contribution in [0.25, 0.3) is 0 Å². The molecule has 0 saturated carbocycles. The first-order chi connectivity index (χ1) is 6.70. The summed E-state index contributed by atoms with van der Waals surface area (Å²) in [7, 11) is 0. The van der Waals surface area contributed by atoms with Gasteiger partial charge in [-0.25, -0.2) is 4.79 Å². The molecule has 0 aromatic carbocycles. The maximum atomic E-state index is 11.3. The summed E-state index contributed by atoms with van der Waals surface area (Å²) in [4.78, 5) is 22.1. The number of aliphatic carboxylic acids is 1. The minimum atomic E-state index is -0.945. The number of carbonyl (C=O) groups excluding carboxylic acids is 1. The van der Waals surface area contributed by atoms with E-state index in [4.69, 9.17) is 5.11 Å². The average Bonchev–Trinajstić information content (AvgIpc) is 2.15. The Bertz CT molecular complexity index is 253. The van der Waals surface area contributed by atoms with Crippen LogP contribution in [0.5, 0.6) is 0 Å². The topological polar surface area (TPSA) is 54.4 Å². The van der Waals surface area contributed by atoms with Crippen molar-refractivity contribution in [1.29, 1.82) is 0 Å². The molecule has 1 N–H and O–H groups in total. The van der Waals surface area contributed by atoms with Gasteiger partial charge in [0, 0.05) is 18.4 Å². The van der Waals surface area contributed by atoms with E-state index in [-0.39, 0.29) is 17.8 Å². The number of carboxylic acid groups (broad SMARTS) is 1. The van der Waals surface area contributed by atoms with Crippen LogP contribution in [0.4, 0.5) is 0 Å². The Labute approximate surface area is 83.8 Å². The summed E-state index contributed by atoms with van der Waals surface area (Å²) >= 11 is 0. The molecule has 0 bridgehead atoms. The highest BCUT2D eigenvalue weighted by atomic mass is 16.4. The second-order valence-corrected chi connectivity index (χ2v) is 3.70. The van der Waals surface area contributed by atoms with E-state index in [2.05, 4.69) is 0 Å². The largest absolute Gasteiger partial charge is 0.478 e. The summed E-state index contributed by atoms with van der Waals surface area (Å²) in [5.74, 6) is -0.889. The Kier molecular flexibility index (Phi) is 4.36. The molecule has 0 saturated heterocycles. The highest BCUT2D eigenvalue weighted by Gasteiger charge is 2.12. The molecule has 0 aliphatic heterocycles. The standard InChI is InChI=1S/C11H16O3/c12-10-7-5-3-1-2-4-6-9(8-10)11(13)14/h6H,1-5,7-8H2,(H,13,14)/b9-6-. The predicted octanol–water partition coefficient (Wildman–Crippen LogP) is 2.31. The van der Waals surface area contributed by atoms with Gasteiger partial charge in [0.25, 0.3) is 0 Å². The van der Waals surface area contributed by atoms with Gasteiger partial charge < -0.3 is 5.11 Å². The van der Waals surface area contributed by atoms with Gasteiger partial charge in [-0.1, -0.05) is 18.9 Å². The number of Topliss-reactive ketones (excluding diaryl/α,β-unsaturated/α-hetero) is 1. The van der Waals surface area contributed by atoms with Crippen LogP contribution in [0.2, 0.25) is 0 Å². The first-order valence-corrected chi connectivity index (χ1v) is 5.14. The van der Waals surface area contributed by atoms with Crippen LogP contribution in [-0.4, -0.2) is 16.9 Å². The van der Waals surface area contributed by atoms with Crippen LogP contribution in [0.1, 0.15) is 44.9 Å². The van der Waals surface area contributed by atoms with Crippen LogP contribution >= 0.6 is 0 Å². The van der Waals surface area contributed by atoms with E-state index in [0.29, 0.717) is 6.42 Å². The number of ketones is 1. The lowest BCUT2D eigenvalue weighted by molar-refractivity contribution is -0.134. The van der Waals surface area contributed by atoms with Gasteiger partial charge in [0.2, 0.25) is 0 Å². The van der Waals surface area contributed by atoms with Crippen molar-refractivity contribution in [2.45, 2.75) is 44.9 Å². The Morgan fingerprint density at radius 1 is 1.21 bits per heavy atom. The third-order valence-corrected chi connectivity index (χ3v) is 2.46. The van der Waals surface area contributed by atoms with Crippen molar-refractivity contribution in [2.75, 3.05) is 0 Å². The van der Waals surface area contributed by atoms with Gasteiger partial charge in [-0.2, -0.15) is 0 Å². The first kappa shape index (κ1) is 11.0. The molecule has 1 rings (SSSR count). The number of rotatable bonds is 1. The Hall–Kier alpha value is -1.12. The van der Waals surface area contributed by atoms with Crippen LogP contribution in [-0.2, 0) is 9.59 Å². The Morgan fingerprint density at radius 2 is 1.93 bits per heavy atom. The molecule has 78 valence electrons. The normalized spacial score (nSPS) is 23.7. The predicted molar refractivity (Wildman–Crippen MR) is 53.0 cm³/mol. The van der Waals surface area contributed by atoms with E-state index in [1.165, 1.54) is 0 Å². The molecular formula is C11H16O3. The third kappa shape index (κ3) is 3.73. The zero-order valence-electron chi connectivity index (χ0n) is 8.29. The van der Waals surface area contributed by atoms with Crippen molar-refractivity contribution in [3.63, 3.8) is 0 Å². The molecule has 0 atom stereocenters. The minimum Gasteiger partial charge on any atom is -0.478 e. The van der Waals surface area contributed by atoms with E-state index >= 15 is 0 Å². The molecule has 3 heteroatoms. The summed E-state index contributed by atoms with van der Waals surface area (Å²) in [5.41, 5.74) is 0.275. The SMILES string of the molecule is O=C1CCCCCC/C=C(\C(=O)O)C1. The van der Waals surface area contributed by atoms with Gasteiger partial charge in [-0.3, -0.25) is 4.79 Å². The summed E-state index contributed by atoms with van der Waals surface area (Å²) in [6.45, 7) is 0. The fourth-order valence-electron chi connectivity index (χ4n) is 1.63. The van der Waals surface area contributed by atoms with Crippen LogP contribution in [0.3, 0.4) is 0 Å². The van der Waals surface area contributed by atoms with Gasteiger partial charge in [0.15, 0.2) is 0 Å². The maximum absolute atomic E-state index is 11.3. The lowest BCUT2D eigenvalue weighted by Crippen LogP contribution is -2.08. The Balaban J connectivity index is 2.63. The molecule has 0 unspecified atom stereocenters. The Morgan fingerprint density at radius 3 is 2.64 bits per heavy atom.